The van der Waals surface area contributed by atoms with E-state index in [1.165, 1.54) is 6.07 Å². The van der Waals surface area contributed by atoms with Crippen LogP contribution in [0.2, 0.25) is 0 Å². The summed E-state index contributed by atoms with van der Waals surface area (Å²) in [5.41, 5.74) is -0.168. The van der Waals surface area contributed by atoms with Gasteiger partial charge in [-0.25, -0.2) is 4.39 Å². The van der Waals surface area contributed by atoms with Crippen molar-refractivity contribution in [2.75, 3.05) is 11.9 Å². The van der Waals surface area contributed by atoms with E-state index in [1.54, 1.807) is 0 Å². The maximum atomic E-state index is 13.3. The molecule has 0 heterocycles. The van der Waals surface area contributed by atoms with Crippen molar-refractivity contribution in [3.63, 3.8) is 0 Å². The minimum Gasteiger partial charge on any atom is -0.391 e. The van der Waals surface area contributed by atoms with E-state index in [0.29, 0.717) is 12.3 Å². The molecule has 0 aliphatic heterocycles. The van der Waals surface area contributed by atoms with Crippen molar-refractivity contribution in [1.29, 1.82) is 0 Å². The molecular weight excluding hydrogens is 319 g/mol. The van der Waals surface area contributed by atoms with Gasteiger partial charge in [0.2, 0.25) is 0 Å². The first-order valence-corrected chi connectivity index (χ1v) is 6.66. The maximum Gasteiger partial charge on any atom is 0.295 e. The van der Waals surface area contributed by atoms with Crippen molar-refractivity contribution >= 4 is 27.3 Å². The Balaban J connectivity index is 2.82. The number of rotatable bonds is 6. The number of aliphatic hydroxyl groups is 1. The van der Waals surface area contributed by atoms with Crippen LogP contribution in [0.4, 0.5) is 15.8 Å². The largest absolute Gasteiger partial charge is 0.391 e. The minimum atomic E-state index is -0.694. The van der Waals surface area contributed by atoms with E-state index in [4.69, 9.17) is 0 Å². The summed E-state index contributed by atoms with van der Waals surface area (Å²) in [5.74, 6) is -0.369. The average molecular weight is 335 g/mol. The molecule has 0 spiro atoms. The summed E-state index contributed by atoms with van der Waals surface area (Å²) in [5, 5.41) is 23.3. The number of nitro benzene ring substituents is 1. The van der Waals surface area contributed by atoms with Gasteiger partial charge in [0.25, 0.3) is 5.69 Å². The van der Waals surface area contributed by atoms with E-state index in [0.717, 1.165) is 6.07 Å². The van der Waals surface area contributed by atoms with E-state index in [1.807, 2.05) is 13.8 Å². The maximum absolute atomic E-state index is 13.3. The van der Waals surface area contributed by atoms with Crippen LogP contribution < -0.4 is 5.32 Å². The van der Waals surface area contributed by atoms with E-state index in [2.05, 4.69) is 21.2 Å². The van der Waals surface area contributed by atoms with Gasteiger partial charge in [0.05, 0.1) is 21.6 Å². The summed E-state index contributed by atoms with van der Waals surface area (Å²) >= 11 is 2.98. The molecule has 0 saturated carbocycles. The van der Waals surface area contributed by atoms with Crippen LogP contribution in [0.3, 0.4) is 0 Å². The highest BCUT2D eigenvalue weighted by atomic mass is 79.9. The predicted octanol–water partition coefficient (Wildman–Crippen LogP) is 3.32. The molecule has 106 valence electrons. The number of benzene rings is 1. The molecule has 1 atom stereocenters. The Hall–Kier alpha value is -1.21. The molecule has 0 aromatic heterocycles. The molecule has 5 nitrogen and oxygen atoms in total. The molecule has 1 unspecified atom stereocenters. The third-order valence-corrected chi connectivity index (χ3v) is 3.11. The molecule has 1 aromatic rings. The Bertz CT molecular complexity index is 469. The molecule has 0 aliphatic rings. The van der Waals surface area contributed by atoms with Crippen LogP contribution in [0, 0.1) is 21.8 Å². The molecule has 0 bridgehead atoms. The Morgan fingerprint density at radius 2 is 2.16 bits per heavy atom. The van der Waals surface area contributed by atoms with Gasteiger partial charge in [-0.3, -0.25) is 10.1 Å². The minimum absolute atomic E-state index is 0.138. The van der Waals surface area contributed by atoms with Gasteiger partial charge in [-0.05, 0) is 34.3 Å². The molecule has 0 saturated heterocycles. The van der Waals surface area contributed by atoms with Crippen LogP contribution in [0.15, 0.2) is 16.6 Å². The first-order chi connectivity index (χ1) is 8.81. The summed E-state index contributed by atoms with van der Waals surface area (Å²) in [6.07, 6.45) is -0.0215. The second kappa shape index (κ2) is 6.81. The van der Waals surface area contributed by atoms with Gasteiger partial charge in [-0.1, -0.05) is 13.8 Å². The number of aliphatic hydroxyl groups excluding tert-OH is 1. The van der Waals surface area contributed by atoms with Gasteiger partial charge >= 0.3 is 0 Å². The zero-order valence-corrected chi connectivity index (χ0v) is 12.3. The number of hydrogen-bond donors (Lipinski definition) is 2. The third-order valence-electron chi connectivity index (χ3n) is 2.51. The summed E-state index contributed by atoms with van der Waals surface area (Å²) < 4.78 is 13.4. The summed E-state index contributed by atoms with van der Waals surface area (Å²) in [7, 11) is 0. The number of nitro groups is 1. The lowest BCUT2D eigenvalue weighted by Crippen LogP contribution is -2.21. The SMILES string of the molecule is CC(C)CC(O)CNc1cc(Br)c(F)cc1[N+](=O)[O-]. The van der Waals surface area contributed by atoms with Crippen LogP contribution in [-0.4, -0.2) is 22.7 Å². The predicted molar refractivity (Wildman–Crippen MR) is 74.7 cm³/mol. The van der Waals surface area contributed by atoms with E-state index >= 15 is 0 Å². The lowest BCUT2D eigenvalue weighted by atomic mass is 10.1. The van der Waals surface area contributed by atoms with Crippen LogP contribution in [0.5, 0.6) is 0 Å². The lowest BCUT2D eigenvalue weighted by Gasteiger charge is -2.15. The van der Waals surface area contributed by atoms with Crippen molar-refractivity contribution < 1.29 is 14.4 Å². The second-order valence-corrected chi connectivity index (χ2v) is 5.56. The van der Waals surface area contributed by atoms with Gasteiger partial charge in [-0.15, -0.1) is 0 Å². The van der Waals surface area contributed by atoms with Crippen LogP contribution in [-0.2, 0) is 0 Å². The van der Waals surface area contributed by atoms with Gasteiger partial charge in [0.15, 0.2) is 0 Å². The molecule has 0 amide bonds. The smallest absolute Gasteiger partial charge is 0.295 e. The Labute approximate surface area is 119 Å². The van der Waals surface area contributed by atoms with Crippen LogP contribution in [0.1, 0.15) is 20.3 Å². The van der Waals surface area contributed by atoms with Crippen molar-refractivity contribution in [2.24, 2.45) is 5.92 Å². The third kappa shape index (κ3) is 4.76. The Kier molecular flexibility index (Phi) is 5.68. The van der Waals surface area contributed by atoms with Crippen molar-refractivity contribution in [2.45, 2.75) is 26.4 Å². The quantitative estimate of drug-likeness (QED) is 0.618. The zero-order valence-electron chi connectivity index (χ0n) is 10.7. The molecule has 0 aliphatic carbocycles. The molecule has 1 aromatic carbocycles. The molecule has 7 heteroatoms. The summed E-state index contributed by atoms with van der Waals surface area (Å²) in [4.78, 5) is 10.2. The lowest BCUT2D eigenvalue weighted by molar-refractivity contribution is -0.384. The zero-order chi connectivity index (χ0) is 14.6. The van der Waals surface area contributed by atoms with Crippen molar-refractivity contribution in [1.82, 2.24) is 0 Å². The highest BCUT2D eigenvalue weighted by Crippen LogP contribution is 2.30. The number of nitrogens with zero attached hydrogens (tertiary/aromatic N) is 1. The Morgan fingerprint density at radius 3 is 2.68 bits per heavy atom. The molecular formula is C12H16BrFN2O3. The van der Waals surface area contributed by atoms with Gasteiger partial charge in [-0.2, -0.15) is 0 Å². The standard InChI is InChI=1S/C12H16BrFN2O3/c1-7(2)3-8(17)6-15-11-4-9(13)10(14)5-12(11)16(18)19/h4-5,7-8,15,17H,3,6H2,1-2H3. The Morgan fingerprint density at radius 1 is 1.53 bits per heavy atom. The van der Waals surface area contributed by atoms with E-state index in [-0.39, 0.29) is 22.4 Å². The highest BCUT2D eigenvalue weighted by molar-refractivity contribution is 9.10. The molecule has 1 rings (SSSR count). The fourth-order valence-electron chi connectivity index (χ4n) is 1.68. The number of nitrogens with one attached hydrogen (secondary N) is 1. The summed E-state index contributed by atoms with van der Waals surface area (Å²) in [6, 6.07) is 2.15. The van der Waals surface area contributed by atoms with Crippen molar-refractivity contribution in [3.05, 3.63) is 32.5 Å². The topological polar surface area (TPSA) is 75.4 Å². The number of halogens is 2. The van der Waals surface area contributed by atoms with E-state index in [9.17, 15) is 19.6 Å². The first-order valence-electron chi connectivity index (χ1n) is 5.86. The molecule has 2 N–H and O–H groups in total. The molecule has 0 fully saturated rings. The van der Waals surface area contributed by atoms with Gasteiger partial charge in [0.1, 0.15) is 11.5 Å². The average Bonchev–Trinajstić information content (AvgIpc) is 2.29. The van der Waals surface area contributed by atoms with Gasteiger partial charge in [0, 0.05) is 6.54 Å². The monoisotopic (exact) mass is 334 g/mol. The highest BCUT2D eigenvalue weighted by Gasteiger charge is 2.18. The second-order valence-electron chi connectivity index (χ2n) is 4.70. The van der Waals surface area contributed by atoms with Gasteiger partial charge < -0.3 is 10.4 Å². The fourth-order valence-corrected chi connectivity index (χ4v) is 2.03. The van der Waals surface area contributed by atoms with Crippen molar-refractivity contribution in [3.8, 4) is 0 Å². The van der Waals surface area contributed by atoms with Crippen LogP contribution >= 0.6 is 15.9 Å². The number of anilines is 1. The summed E-state index contributed by atoms with van der Waals surface area (Å²) in [6.45, 7) is 4.12. The van der Waals surface area contributed by atoms with E-state index < -0.39 is 16.8 Å². The normalized spacial score (nSPS) is 12.5. The molecule has 19 heavy (non-hydrogen) atoms. The molecule has 0 radical (unpaired) electrons. The van der Waals surface area contributed by atoms with Crippen LogP contribution in [0.25, 0.3) is 0 Å². The fraction of sp³-hybridized carbons (Fsp3) is 0.500. The first kappa shape index (κ1) is 15.8. The number of hydrogen-bond acceptors (Lipinski definition) is 4.